The first-order valence-electron chi connectivity index (χ1n) is 9.77. The molecule has 0 bridgehead atoms. The van der Waals surface area contributed by atoms with Gasteiger partial charge in [-0.25, -0.2) is 0 Å². The number of nitrogens with two attached hydrogens (primary N) is 1. The Morgan fingerprint density at radius 3 is 2.48 bits per heavy atom. The minimum absolute atomic E-state index is 0. The topological polar surface area (TPSA) is 70.8 Å². The molecule has 1 aliphatic carbocycles. The first-order chi connectivity index (χ1) is 12.6. The van der Waals surface area contributed by atoms with Crippen molar-refractivity contribution in [2.75, 3.05) is 13.7 Å². The second-order valence-electron chi connectivity index (χ2n) is 7.73. The lowest BCUT2D eigenvalue weighted by Crippen LogP contribution is -2.41. The highest BCUT2D eigenvalue weighted by molar-refractivity contribution is 5.85. The molecule has 6 heteroatoms. The molecule has 2 aliphatic rings. The quantitative estimate of drug-likeness (QED) is 0.743. The SMILES string of the molecule is COc1ccc(C[C@H]2CCC[C@H](N)C(=O)O[C@@H](C)[C@@H]2OCC2CC2)cc1.Cl. The molecule has 27 heavy (non-hydrogen) atoms. The van der Waals surface area contributed by atoms with Crippen molar-refractivity contribution in [1.29, 1.82) is 0 Å². The van der Waals surface area contributed by atoms with Gasteiger partial charge >= 0.3 is 5.97 Å². The van der Waals surface area contributed by atoms with Crippen LogP contribution in [-0.2, 0) is 20.7 Å². The number of cyclic esters (lactones) is 1. The van der Waals surface area contributed by atoms with Crippen LogP contribution in [0, 0.1) is 11.8 Å². The number of benzene rings is 1. The van der Waals surface area contributed by atoms with Gasteiger partial charge in [0.25, 0.3) is 0 Å². The fourth-order valence-corrected chi connectivity index (χ4v) is 3.69. The highest BCUT2D eigenvalue weighted by Gasteiger charge is 2.35. The van der Waals surface area contributed by atoms with Gasteiger partial charge in [0, 0.05) is 6.61 Å². The average molecular weight is 398 g/mol. The molecule has 5 nitrogen and oxygen atoms in total. The fraction of sp³-hybridized carbons (Fsp3) is 0.667. The average Bonchev–Trinajstić information content (AvgIpc) is 3.45. The minimum atomic E-state index is -0.527. The van der Waals surface area contributed by atoms with Crippen LogP contribution < -0.4 is 10.5 Å². The maximum atomic E-state index is 12.1. The van der Waals surface area contributed by atoms with E-state index in [4.69, 9.17) is 19.9 Å². The van der Waals surface area contributed by atoms with Gasteiger partial charge in [0.1, 0.15) is 17.9 Å². The molecule has 0 radical (unpaired) electrons. The van der Waals surface area contributed by atoms with Crippen LogP contribution >= 0.6 is 12.4 Å². The summed E-state index contributed by atoms with van der Waals surface area (Å²) >= 11 is 0. The molecule has 1 heterocycles. The lowest BCUT2D eigenvalue weighted by atomic mass is 9.87. The normalized spacial score (nSPS) is 28.9. The Morgan fingerprint density at radius 1 is 1.15 bits per heavy atom. The van der Waals surface area contributed by atoms with Crippen molar-refractivity contribution < 1.29 is 19.0 Å². The van der Waals surface area contributed by atoms with E-state index in [2.05, 4.69) is 12.1 Å². The molecule has 0 aromatic heterocycles. The number of esters is 1. The molecular weight excluding hydrogens is 366 g/mol. The highest BCUT2D eigenvalue weighted by atomic mass is 35.5. The highest BCUT2D eigenvalue weighted by Crippen LogP contribution is 2.32. The van der Waals surface area contributed by atoms with Crippen molar-refractivity contribution in [2.24, 2.45) is 17.6 Å². The zero-order valence-corrected chi connectivity index (χ0v) is 17.1. The predicted molar refractivity (Wildman–Crippen MR) is 107 cm³/mol. The van der Waals surface area contributed by atoms with Gasteiger partial charge in [-0.3, -0.25) is 4.79 Å². The summed E-state index contributed by atoms with van der Waals surface area (Å²) in [7, 11) is 1.67. The van der Waals surface area contributed by atoms with E-state index in [0.29, 0.717) is 18.3 Å². The second kappa shape index (κ2) is 10.3. The van der Waals surface area contributed by atoms with Gasteiger partial charge in [0.2, 0.25) is 0 Å². The summed E-state index contributed by atoms with van der Waals surface area (Å²) in [5, 5.41) is 0. The van der Waals surface area contributed by atoms with E-state index in [1.54, 1.807) is 7.11 Å². The van der Waals surface area contributed by atoms with Gasteiger partial charge in [-0.2, -0.15) is 0 Å². The molecular formula is C21H32ClNO4. The number of halogens is 1. The van der Waals surface area contributed by atoms with Crippen molar-refractivity contribution in [3.8, 4) is 5.75 Å². The van der Waals surface area contributed by atoms with Crippen LogP contribution in [0.2, 0.25) is 0 Å². The van der Waals surface area contributed by atoms with Gasteiger partial charge in [0.15, 0.2) is 0 Å². The third-order valence-corrected chi connectivity index (χ3v) is 5.50. The first-order valence-corrected chi connectivity index (χ1v) is 9.77. The van der Waals surface area contributed by atoms with Crippen molar-refractivity contribution in [3.05, 3.63) is 29.8 Å². The van der Waals surface area contributed by atoms with Gasteiger partial charge < -0.3 is 19.9 Å². The van der Waals surface area contributed by atoms with Crippen LogP contribution in [-0.4, -0.2) is 37.9 Å². The van der Waals surface area contributed by atoms with E-state index in [0.717, 1.165) is 31.6 Å². The number of hydrogen-bond acceptors (Lipinski definition) is 5. The number of methoxy groups -OCH3 is 1. The molecule has 2 fully saturated rings. The maximum absolute atomic E-state index is 12.1. The van der Waals surface area contributed by atoms with Crippen LogP contribution in [0.25, 0.3) is 0 Å². The summed E-state index contributed by atoms with van der Waals surface area (Å²) in [5.41, 5.74) is 7.21. The van der Waals surface area contributed by atoms with Crippen LogP contribution in [0.5, 0.6) is 5.75 Å². The first kappa shape index (κ1) is 22.0. The monoisotopic (exact) mass is 397 g/mol. The number of carbonyl (C=O) groups excluding carboxylic acids is 1. The fourth-order valence-electron chi connectivity index (χ4n) is 3.69. The lowest BCUT2D eigenvalue weighted by molar-refractivity contribution is -0.160. The Morgan fingerprint density at radius 2 is 1.85 bits per heavy atom. The van der Waals surface area contributed by atoms with Crippen molar-refractivity contribution in [1.82, 2.24) is 0 Å². The molecule has 1 aromatic rings. The largest absolute Gasteiger partial charge is 0.497 e. The van der Waals surface area contributed by atoms with Gasteiger partial charge in [0.05, 0.1) is 13.2 Å². The molecule has 2 N–H and O–H groups in total. The number of carbonyl (C=O) groups is 1. The van der Waals surface area contributed by atoms with Gasteiger partial charge in [-0.15, -0.1) is 12.4 Å². The van der Waals surface area contributed by atoms with E-state index in [9.17, 15) is 4.79 Å². The standard InChI is InChI=1S/C21H31NO4.ClH/c1-14-20(25-13-16-6-7-16)17(4-3-5-19(22)21(23)26-14)12-15-8-10-18(24-2)11-9-15;/h8-11,14,16-17,19-20H,3-7,12-13,22H2,1-2H3;1H/t14-,17+,19-,20-;/m0./s1. The minimum Gasteiger partial charge on any atom is -0.497 e. The zero-order valence-electron chi connectivity index (χ0n) is 16.3. The van der Waals surface area contributed by atoms with Crippen LogP contribution in [0.4, 0.5) is 0 Å². The van der Waals surface area contributed by atoms with Crippen LogP contribution in [0.3, 0.4) is 0 Å². The Bertz CT molecular complexity index is 590. The van der Waals surface area contributed by atoms with E-state index >= 15 is 0 Å². The van der Waals surface area contributed by atoms with E-state index in [1.165, 1.54) is 18.4 Å². The van der Waals surface area contributed by atoms with Crippen LogP contribution in [0.1, 0.15) is 44.6 Å². The molecule has 1 saturated heterocycles. The van der Waals surface area contributed by atoms with E-state index in [-0.39, 0.29) is 30.6 Å². The van der Waals surface area contributed by atoms with E-state index in [1.807, 2.05) is 19.1 Å². The summed E-state index contributed by atoms with van der Waals surface area (Å²) in [6.07, 6.45) is 5.57. The molecule has 0 unspecified atom stereocenters. The Labute approximate surface area is 168 Å². The molecule has 0 amide bonds. The Hall–Kier alpha value is -1.30. The Balaban J connectivity index is 0.00000261. The maximum Gasteiger partial charge on any atom is 0.323 e. The van der Waals surface area contributed by atoms with Crippen LogP contribution in [0.15, 0.2) is 24.3 Å². The smallest absolute Gasteiger partial charge is 0.323 e. The molecule has 4 atom stereocenters. The summed E-state index contributed by atoms with van der Waals surface area (Å²) in [5.74, 6) is 1.53. The van der Waals surface area contributed by atoms with Gasteiger partial charge in [-0.05, 0) is 68.6 Å². The number of ether oxygens (including phenoxy) is 3. The lowest BCUT2D eigenvalue weighted by Gasteiger charge is -2.31. The summed E-state index contributed by atoms with van der Waals surface area (Å²) in [6.45, 7) is 2.70. The molecule has 152 valence electrons. The second-order valence-corrected chi connectivity index (χ2v) is 7.73. The zero-order chi connectivity index (χ0) is 18.5. The number of hydrogen-bond donors (Lipinski definition) is 1. The summed E-state index contributed by atoms with van der Waals surface area (Å²) in [6, 6.07) is 7.66. The van der Waals surface area contributed by atoms with Gasteiger partial charge in [-0.1, -0.05) is 18.6 Å². The van der Waals surface area contributed by atoms with Crippen molar-refractivity contribution >= 4 is 18.4 Å². The molecule has 3 rings (SSSR count). The molecule has 1 aromatic carbocycles. The third kappa shape index (κ3) is 6.37. The third-order valence-electron chi connectivity index (χ3n) is 5.50. The summed E-state index contributed by atoms with van der Waals surface area (Å²) < 4.78 is 17.2. The predicted octanol–water partition coefficient (Wildman–Crippen LogP) is 3.51. The molecule has 1 aliphatic heterocycles. The summed E-state index contributed by atoms with van der Waals surface area (Å²) in [4.78, 5) is 12.1. The Kier molecular flexibility index (Phi) is 8.39. The van der Waals surface area contributed by atoms with E-state index < -0.39 is 6.04 Å². The number of rotatable bonds is 6. The van der Waals surface area contributed by atoms with Crippen molar-refractivity contribution in [3.63, 3.8) is 0 Å². The molecule has 1 saturated carbocycles. The van der Waals surface area contributed by atoms with Crippen molar-refractivity contribution in [2.45, 2.75) is 63.7 Å². The molecule has 0 spiro atoms.